The van der Waals surface area contributed by atoms with Crippen LogP contribution in [0.5, 0.6) is 0 Å². The van der Waals surface area contributed by atoms with Gasteiger partial charge in [0.15, 0.2) is 5.96 Å². The maximum absolute atomic E-state index is 13.7. The van der Waals surface area contributed by atoms with Crippen molar-refractivity contribution in [2.24, 2.45) is 4.99 Å². The van der Waals surface area contributed by atoms with Gasteiger partial charge in [-0.05, 0) is 35.9 Å². The molecule has 0 radical (unpaired) electrons. The van der Waals surface area contributed by atoms with Crippen molar-refractivity contribution in [2.45, 2.75) is 19.3 Å². The van der Waals surface area contributed by atoms with Crippen LogP contribution in [-0.2, 0) is 19.3 Å². The van der Waals surface area contributed by atoms with Crippen LogP contribution in [0.3, 0.4) is 0 Å². The van der Waals surface area contributed by atoms with E-state index in [1.807, 2.05) is 6.07 Å². The molecule has 0 bridgehead atoms. The van der Waals surface area contributed by atoms with E-state index < -0.39 is 17.6 Å². The van der Waals surface area contributed by atoms with Gasteiger partial charge in [0.2, 0.25) is 0 Å². The molecule has 144 valence electrons. The third kappa shape index (κ3) is 6.71. The molecule has 0 amide bonds. The van der Waals surface area contributed by atoms with Crippen LogP contribution in [0.2, 0.25) is 0 Å². The zero-order chi connectivity index (χ0) is 19.2. The maximum Gasteiger partial charge on any atom is 0.416 e. The second kappa shape index (κ2) is 10.1. The van der Waals surface area contributed by atoms with Crippen LogP contribution < -0.4 is 10.6 Å². The molecule has 9 heteroatoms. The summed E-state index contributed by atoms with van der Waals surface area (Å²) in [6.07, 6.45) is -4.37. The first-order chi connectivity index (χ1) is 12.3. The molecular weight excluding hydrogens is 475 g/mol. The molecule has 0 saturated carbocycles. The van der Waals surface area contributed by atoms with E-state index in [1.165, 1.54) is 37.4 Å². The quantitative estimate of drug-likeness (QED) is 0.291. The van der Waals surface area contributed by atoms with Crippen LogP contribution in [0.25, 0.3) is 0 Å². The lowest BCUT2D eigenvalue weighted by atomic mass is 10.1. The molecule has 0 aliphatic rings. The SMILES string of the molecule is CN=C(NCc1ccc(C(F)(F)F)cc1)NCc1cc(C#N)ccc1F.I. The number of nitriles is 1. The van der Waals surface area contributed by atoms with Gasteiger partial charge in [0.25, 0.3) is 0 Å². The van der Waals surface area contributed by atoms with Gasteiger partial charge in [-0.25, -0.2) is 4.39 Å². The highest BCUT2D eigenvalue weighted by Gasteiger charge is 2.29. The minimum Gasteiger partial charge on any atom is -0.352 e. The van der Waals surface area contributed by atoms with Crippen molar-refractivity contribution >= 4 is 29.9 Å². The van der Waals surface area contributed by atoms with Gasteiger partial charge in [-0.2, -0.15) is 18.4 Å². The van der Waals surface area contributed by atoms with Gasteiger partial charge in [0.1, 0.15) is 5.82 Å². The van der Waals surface area contributed by atoms with Gasteiger partial charge in [0, 0.05) is 25.7 Å². The summed E-state index contributed by atoms with van der Waals surface area (Å²) in [4.78, 5) is 3.97. The van der Waals surface area contributed by atoms with Crippen molar-refractivity contribution in [1.82, 2.24) is 10.6 Å². The normalized spacial score (nSPS) is 11.3. The molecule has 0 aliphatic heterocycles. The molecule has 2 N–H and O–H groups in total. The predicted octanol–water partition coefficient (Wildman–Crippen LogP) is 4.20. The molecule has 0 spiro atoms. The van der Waals surface area contributed by atoms with Gasteiger partial charge in [0.05, 0.1) is 17.2 Å². The second-order valence-electron chi connectivity index (χ2n) is 5.39. The average Bonchev–Trinajstić information content (AvgIpc) is 2.62. The number of alkyl halides is 3. The molecular formula is C18H17F4IN4. The minimum atomic E-state index is -4.37. The topological polar surface area (TPSA) is 60.2 Å². The summed E-state index contributed by atoms with van der Waals surface area (Å²) in [5.41, 5.74) is 0.577. The van der Waals surface area contributed by atoms with Crippen LogP contribution in [-0.4, -0.2) is 13.0 Å². The number of hydrogen-bond donors (Lipinski definition) is 2. The Balaban J connectivity index is 0.00000364. The number of hydrogen-bond acceptors (Lipinski definition) is 2. The van der Waals surface area contributed by atoms with E-state index in [2.05, 4.69) is 15.6 Å². The van der Waals surface area contributed by atoms with E-state index in [4.69, 9.17) is 5.26 Å². The lowest BCUT2D eigenvalue weighted by molar-refractivity contribution is -0.137. The Kier molecular flexibility index (Phi) is 8.49. The van der Waals surface area contributed by atoms with Gasteiger partial charge >= 0.3 is 6.18 Å². The van der Waals surface area contributed by atoms with Crippen LogP contribution in [0, 0.1) is 17.1 Å². The molecule has 2 aromatic carbocycles. The van der Waals surface area contributed by atoms with Crippen LogP contribution in [0.15, 0.2) is 47.5 Å². The van der Waals surface area contributed by atoms with E-state index >= 15 is 0 Å². The molecule has 0 heterocycles. The number of rotatable bonds is 4. The summed E-state index contributed by atoms with van der Waals surface area (Å²) in [6.45, 7) is 0.354. The van der Waals surface area contributed by atoms with Crippen molar-refractivity contribution in [3.05, 3.63) is 70.5 Å². The summed E-state index contributed by atoms with van der Waals surface area (Å²) in [7, 11) is 1.52. The number of benzene rings is 2. The Morgan fingerprint density at radius 1 is 1.07 bits per heavy atom. The standard InChI is InChI=1S/C18H16F4N4.HI/c1-24-17(26-11-14-8-13(9-23)4-7-16(14)19)25-10-12-2-5-15(6-3-12)18(20,21)22;/h2-8H,10-11H2,1H3,(H2,24,25,26);1H. The number of guanidine groups is 1. The Morgan fingerprint density at radius 2 is 1.70 bits per heavy atom. The zero-order valence-corrected chi connectivity index (χ0v) is 16.6. The summed E-state index contributed by atoms with van der Waals surface area (Å²) in [5.74, 6) is -0.0960. The van der Waals surface area contributed by atoms with E-state index in [9.17, 15) is 17.6 Å². The molecule has 2 aromatic rings. The van der Waals surface area contributed by atoms with Gasteiger partial charge < -0.3 is 10.6 Å². The average molecular weight is 492 g/mol. The summed E-state index contributed by atoms with van der Waals surface area (Å²) >= 11 is 0. The van der Waals surface area contributed by atoms with Gasteiger partial charge in [-0.1, -0.05) is 12.1 Å². The third-order valence-electron chi connectivity index (χ3n) is 3.59. The Hall–Kier alpha value is -2.35. The fraction of sp³-hybridized carbons (Fsp3) is 0.222. The van der Waals surface area contributed by atoms with Gasteiger partial charge in [-0.15, -0.1) is 24.0 Å². The van der Waals surface area contributed by atoms with Crippen LogP contribution in [0.1, 0.15) is 22.3 Å². The second-order valence-corrected chi connectivity index (χ2v) is 5.39. The molecule has 0 unspecified atom stereocenters. The highest BCUT2D eigenvalue weighted by Crippen LogP contribution is 2.29. The van der Waals surface area contributed by atoms with Crippen molar-refractivity contribution in [1.29, 1.82) is 5.26 Å². The number of aliphatic imine (C=N–C) groups is 1. The van der Waals surface area contributed by atoms with E-state index in [1.54, 1.807) is 0 Å². The number of nitrogens with one attached hydrogen (secondary N) is 2. The monoisotopic (exact) mass is 492 g/mol. The number of nitrogens with zero attached hydrogens (tertiary/aromatic N) is 2. The third-order valence-corrected chi connectivity index (χ3v) is 3.59. The fourth-order valence-corrected chi connectivity index (χ4v) is 2.18. The van der Waals surface area contributed by atoms with Crippen molar-refractivity contribution in [2.75, 3.05) is 7.05 Å². The zero-order valence-electron chi connectivity index (χ0n) is 14.3. The van der Waals surface area contributed by atoms with Gasteiger partial charge in [-0.3, -0.25) is 4.99 Å². The van der Waals surface area contributed by atoms with Crippen LogP contribution in [0.4, 0.5) is 17.6 Å². The van der Waals surface area contributed by atoms with Crippen molar-refractivity contribution in [3.8, 4) is 6.07 Å². The largest absolute Gasteiger partial charge is 0.416 e. The lowest BCUT2D eigenvalue weighted by Gasteiger charge is -2.13. The van der Waals surface area contributed by atoms with Crippen LogP contribution >= 0.6 is 24.0 Å². The first-order valence-corrected chi connectivity index (χ1v) is 7.62. The van der Waals surface area contributed by atoms with Crippen molar-refractivity contribution < 1.29 is 17.6 Å². The molecule has 4 nitrogen and oxygen atoms in total. The minimum absolute atomic E-state index is 0. The first-order valence-electron chi connectivity index (χ1n) is 7.62. The summed E-state index contributed by atoms with van der Waals surface area (Å²) < 4.78 is 51.4. The predicted molar refractivity (Wildman–Crippen MR) is 105 cm³/mol. The number of halogens is 5. The first kappa shape index (κ1) is 22.7. The van der Waals surface area contributed by atoms with E-state index in [0.717, 1.165) is 12.1 Å². The molecule has 2 rings (SSSR count). The molecule has 0 fully saturated rings. The molecule has 0 saturated heterocycles. The Bertz CT molecular complexity index is 827. The van der Waals surface area contributed by atoms with E-state index in [-0.39, 0.29) is 37.1 Å². The smallest absolute Gasteiger partial charge is 0.352 e. The Labute approximate surface area is 171 Å². The maximum atomic E-state index is 13.7. The summed E-state index contributed by atoms with van der Waals surface area (Å²) in [6, 6.07) is 10.7. The molecule has 0 atom stereocenters. The molecule has 0 aliphatic carbocycles. The van der Waals surface area contributed by atoms with E-state index in [0.29, 0.717) is 22.6 Å². The van der Waals surface area contributed by atoms with Crippen molar-refractivity contribution in [3.63, 3.8) is 0 Å². The highest BCUT2D eigenvalue weighted by atomic mass is 127. The Morgan fingerprint density at radius 3 is 2.26 bits per heavy atom. The highest BCUT2D eigenvalue weighted by molar-refractivity contribution is 14.0. The lowest BCUT2D eigenvalue weighted by Crippen LogP contribution is -2.36. The fourth-order valence-electron chi connectivity index (χ4n) is 2.18. The summed E-state index contributed by atoms with van der Waals surface area (Å²) in [5, 5.41) is 14.7. The molecule has 0 aromatic heterocycles. The molecule has 27 heavy (non-hydrogen) atoms.